The molecule has 39 heavy (non-hydrogen) atoms. The fourth-order valence-electron chi connectivity index (χ4n) is 5.11. The molecule has 0 spiro atoms. The maximum Gasteiger partial charge on any atom is 0.195 e. The highest BCUT2D eigenvalue weighted by Crippen LogP contribution is 2.37. The third-order valence-corrected chi connectivity index (χ3v) is 10.0. The first-order valence-corrected chi connectivity index (χ1v) is 15.4. The lowest BCUT2D eigenvalue weighted by Gasteiger charge is -2.17. The van der Waals surface area contributed by atoms with E-state index in [4.69, 9.17) is 30.8 Å². The third kappa shape index (κ3) is 5.21. The van der Waals surface area contributed by atoms with Crippen LogP contribution in [0.4, 0.5) is 11.4 Å². The van der Waals surface area contributed by atoms with Crippen LogP contribution in [0.2, 0.25) is 5.02 Å². The van der Waals surface area contributed by atoms with Crippen LogP contribution in [0, 0.1) is 0 Å². The van der Waals surface area contributed by atoms with Gasteiger partial charge in [0.15, 0.2) is 12.0 Å². The quantitative estimate of drug-likeness (QED) is 0.431. The SMILES string of the molecule is CCS(=O)(CC)=Nc1ccc(-c2ccc(-c3nc4c(cc3Cl)N=C(O[C@@H]3CO[C@H]5[C@@H]3OC[C@H]5O)C4)cc2)cc1. The molecular formula is C29H30ClN3O5S. The molecule has 0 amide bonds. The van der Waals surface area contributed by atoms with Crippen molar-refractivity contribution >= 4 is 38.6 Å². The van der Waals surface area contributed by atoms with Crippen molar-refractivity contribution in [2.45, 2.75) is 44.7 Å². The second kappa shape index (κ2) is 10.6. The number of nitrogens with zero attached hydrogens (tertiary/aromatic N) is 3. The number of aliphatic imine (C=N–C) groups is 1. The van der Waals surface area contributed by atoms with Crippen LogP contribution in [-0.4, -0.2) is 69.3 Å². The Balaban J connectivity index is 1.16. The molecule has 3 aliphatic rings. The summed E-state index contributed by atoms with van der Waals surface area (Å²) in [4.78, 5) is 9.41. The predicted molar refractivity (Wildman–Crippen MR) is 153 cm³/mol. The molecule has 4 atom stereocenters. The van der Waals surface area contributed by atoms with Crippen LogP contribution >= 0.6 is 11.6 Å². The second-order valence-corrected chi connectivity index (χ2v) is 13.1. The molecule has 2 saturated heterocycles. The summed E-state index contributed by atoms with van der Waals surface area (Å²) in [5, 5.41) is 10.5. The van der Waals surface area contributed by atoms with E-state index < -0.39 is 15.8 Å². The van der Waals surface area contributed by atoms with Gasteiger partial charge in [0.25, 0.3) is 0 Å². The van der Waals surface area contributed by atoms with Gasteiger partial charge in [0.2, 0.25) is 0 Å². The molecule has 4 heterocycles. The van der Waals surface area contributed by atoms with Crippen LogP contribution in [0.5, 0.6) is 0 Å². The molecule has 10 heteroatoms. The first-order valence-electron chi connectivity index (χ1n) is 13.1. The molecule has 3 aromatic rings. The van der Waals surface area contributed by atoms with Gasteiger partial charge in [-0.15, -0.1) is 0 Å². The van der Waals surface area contributed by atoms with E-state index in [1.165, 1.54) is 0 Å². The van der Waals surface area contributed by atoms with Gasteiger partial charge in [-0.3, -0.25) is 0 Å². The maximum absolute atomic E-state index is 12.6. The maximum atomic E-state index is 12.6. The van der Waals surface area contributed by atoms with E-state index in [1.807, 2.05) is 68.4 Å². The lowest BCUT2D eigenvalue weighted by Crippen LogP contribution is -2.34. The number of aromatic nitrogens is 1. The van der Waals surface area contributed by atoms with Crippen LogP contribution in [-0.2, 0) is 30.4 Å². The Morgan fingerprint density at radius 2 is 1.64 bits per heavy atom. The molecule has 2 fully saturated rings. The van der Waals surface area contributed by atoms with Crippen molar-refractivity contribution in [1.82, 2.24) is 4.98 Å². The van der Waals surface area contributed by atoms with Gasteiger partial charge < -0.3 is 19.3 Å². The Morgan fingerprint density at radius 3 is 2.33 bits per heavy atom. The number of hydrogen-bond donors (Lipinski definition) is 1. The summed E-state index contributed by atoms with van der Waals surface area (Å²) in [5.74, 6) is 1.63. The van der Waals surface area contributed by atoms with E-state index in [2.05, 4.69) is 9.36 Å². The van der Waals surface area contributed by atoms with Gasteiger partial charge in [-0.05, 0) is 29.3 Å². The van der Waals surface area contributed by atoms with E-state index in [-0.39, 0.29) is 24.9 Å². The summed E-state index contributed by atoms with van der Waals surface area (Å²) in [7, 11) is -2.19. The molecule has 0 bridgehead atoms. The van der Waals surface area contributed by atoms with Gasteiger partial charge in [0, 0.05) is 17.1 Å². The minimum atomic E-state index is -2.19. The van der Waals surface area contributed by atoms with Gasteiger partial charge in [0.1, 0.15) is 18.3 Å². The molecule has 6 rings (SSSR count). The molecule has 8 nitrogen and oxygen atoms in total. The van der Waals surface area contributed by atoms with E-state index in [9.17, 15) is 9.32 Å². The topological polar surface area (TPSA) is 103 Å². The van der Waals surface area contributed by atoms with Crippen molar-refractivity contribution in [3.63, 3.8) is 0 Å². The highest BCUT2D eigenvalue weighted by Gasteiger charge is 2.49. The monoisotopic (exact) mass is 567 g/mol. The zero-order chi connectivity index (χ0) is 27.1. The fourth-order valence-corrected chi connectivity index (χ4v) is 6.54. The summed E-state index contributed by atoms with van der Waals surface area (Å²) < 4.78 is 34.5. The summed E-state index contributed by atoms with van der Waals surface area (Å²) in [6, 6.07) is 17.7. The highest BCUT2D eigenvalue weighted by molar-refractivity contribution is 7.93. The van der Waals surface area contributed by atoms with Crippen molar-refractivity contribution in [1.29, 1.82) is 0 Å². The number of pyridine rings is 1. The van der Waals surface area contributed by atoms with Crippen molar-refractivity contribution in [2.24, 2.45) is 9.36 Å². The number of rotatable bonds is 6. The van der Waals surface area contributed by atoms with Crippen LogP contribution < -0.4 is 0 Å². The molecular weight excluding hydrogens is 538 g/mol. The highest BCUT2D eigenvalue weighted by atomic mass is 35.5. The minimum Gasteiger partial charge on any atom is -0.472 e. The van der Waals surface area contributed by atoms with Gasteiger partial charge in [-0.1, -0.05) is 61.8 Å². The Bertz CT molecular complexity index is 1520. The summed E-state index contributed by atoms with van der Waals surface area (Å²) in [6.07, 6.45) is -1.13. The van der Waals surface area contributed by atoms with E-state index in [0.29, 0.717) is 46.8 Å². The van der Waals surface area contributed by atoms with Crippen molar-refractivity contribution in [2.75, 3.05) is 24.7 Å². The molecule has 204 valence electrons. The Labute approximate surface area is 233 Å². The normalized spacial score (nSPS) is 23.8. The molecule has 1 N–H and O–H groups in total. The molecule has 2 aromatic carbocycles. The van der Waals surface area contributed by atoms with Crippen LogP contribution in [0.25, 0.3) is 22.4 Å². The van der Waals surface area contributed by atoms with E-state index in [1.54, 1.807) is 0 Å². The zero-order valence-corrected chi connectivity index (χ0v) is 23.3. The lowest BCUT2D eigenvalue weighted by molar-refractivity contribution is 0.00558. The van der Waals surface area contributed by atoms with E-state index >= 15 is 0 Å². The average molecular weight is 568 g/mol. The second-order valence-electron chi connectivity index (χ2n) is 9.85. The van der Waals surface area contributed by atoms with Crippen LogP contribution in [0.3, 0.4) is 0 Å². The number of halogens is 1. The summed E-state index contributed by atoms with van der Waals surface area (Å²) in [5.41, 5.74) is 5.90. The zero-order valence-electron chi connectivity index (χ0n) is 21.7. The number of aliphatic hydroxyl groups is 1. The summed E-state index contributed by atoms with van der Waals surface area (Å²) in [6.45, 7) is 4.42. The van der Waals surface area contributed by atoms with Crippen LogP contribution in [0.1, 0.15) is 19.5 Å². The number of hydrogen-bond acceptors (Lipinski definition) is 8. The molecule has 1 aromatic heterocycles. The number of ether oxygens (including phenoxy) is 3. The van der Waals surface area contributed by atoms with Gasteiger partial charge >= 0.3 is 0 Å². The minimum absolute atomic E-state index is 0.253. The van der Waals surface area contributed by atoms with E-state index in [0.717, 1.165) is 28.1 Å². The lowest BCUT2D eigenvalue weighted by atomic mass is 10.0. The van der Waals surface area contributed by atoms with Gasteiger partial charge in [-0.25, -0.2) is 14.2 Å². The van der Waals surface area contributed by atoms with Crippen molar-refractivity contribution in [3.8, 4) is 22.4 Å². The number of aliphatic hydroxyl groups excluding tert-OH is 1. The largest absolute Gasteiger partial charge is 0.472 e. The fraction of sp³-hybridized carbons (Fsp3) is 0.379. The molecule has 3 aliphatic heterocycles. The average Bonchev–Trinajstić information content (AvgIpc) is 3.65. The predicted octanol–water partition coefficient (Wildman–Crippen LogP) is 5.34. The molecule has 0 unspecified atom stereocenters. The van der Waals surface area contributed by atoms with Gasteiger partial charge in [0.05, 0.1) is 57.1 Å². The standard InChI is InChI=1S/C29H30ClN3O5S/c1-3-39(35,4-2)33-20-11-9-18(10-12-20)17-5-7-19(8-6-17)27-21(30)13-22-23(32-27)14-26(31-22)38-25-16-37-28-24(34)15-36-29(25)28/h5-13,24-25,28-29,34H,3-4,14-16H2,1-2H3/t24-,25-,28-,29-/m1/s1. The first kappa shape index (κ1) is 26.4. The third-order valence-electron chi connectivity index (χ3n) is 7.40. The number of fused-ring (bicyclic) bond motifs is 2. The van der Waals surface area contributed by atoms with Crippen molar-refractivity contribution < 1.29 is 23.5 Å². The number of benzene rings is 2. The Kier molecular flexibility index (Phi) is 7.20. The molecule has 0 aliphatic carbocycles. The van der Waals surface area contributed by atoms with Crippen LogP contribution in [0.15, 0.2) is 64.0 Å². The first-order chi connectivity index (χ1) is 18.9. The Hall–Kier alpha value is -2.82. The smallest absolute Gasteiger partial charge is 0.195 e. The molecule has 0 saturated carbocycles. The Morgan fingerprint density at radius 1 is 1.00 bits per heavy atom. The van der Waals surface area contributed by atoms with Gasteiger partial charge in [-0.2, -0.15) is 4.36 Å². The molecule has 0 radical (unpaired) electrons. The van der Waals surface area contributed by atoms with Crippen molar-refractivity contribution in [3.05, 3.63) is 65.3 Å². The summed E-state index contributed by atoms with van der Waals surface area (Å²) >= 11 is 6.63.